The van der Waals surface area contributed by atoms with Crippen LogP contribution in [0.3, 0.4) is 0 Å². The Morgan fingerprint density at radius 3 is 2.47 bits per heavy atom. The lowest BCUT2D eigenvalue weighted by Gasteiger charge is -2.14. The van der Waals surface area contributed by atoms with Crippen LogP contribution >= 0.6 is 24.0 Å². The number of carboxylic acids is 1. The van der Waals surface area contributed by atoms with E-state index in [1.165, 1.54) is 28.8 Å². The van der Waals surface area contributed by atoms with Gasteiger partial charge in [-0.3, -0.25) is 23.9 Å². The van der Waals surface area contributed by atoms with E-state index >= 15 is 0 Å². The van der Waals surface area contributed by atoms with Crippen LogP contribution in [0.25, 0.3) is 22.7 Å². The first-order valence-electron chi connectivity index (χ1n) is 11.3. The number of hydrogen-bond donors (Lipinski definition) is 1. The molecule has 0 aliphatic carbocycles. The van der Waals surface area contributed by atoms with E-state index in [2.05, 4.69) is 4.98 Å². The summed E-state index contributed by atoms with van der Waals surface area (Å²) >= 11 is 6.16. The van der Waals surface area contributed by atoms with Crippen LogP contribution in [0.4, 0.5) is 4.39 Å². The minimum Gasteiger partial charge on any atom is -0.486 e. The fourth-order valence-corrected chi connectivity index (χ4v) is 5.12. The normalized spacial score (nSPS) is 14.4. The molecule has 1 N–H and O–H groups in total. The molecule has 0 atom stereocenters. The smallest absolute Gasteiger partial charge is 0.323 e. The van der Waals surface area contributed by atoms with Crippen LogP contribution in [0.1, 0.15) is 11.4 Å². The van der Waals surface area contributed by atoms with Gasteiger partial charge in [-0.05, 0) is 60.2 Å². The Hall–Kier alpha value is -4.35. The number of thioether (sulfide) groups is 1. The number of rotatable bonds is 7. The van der Waals surface area contributed by atoms with Crippen molar-refractivity contribution in [3.63, 3.8) is 0 Å². The highest BCUT2D eigenvalue weighted by Crippen LogP contribution is 2.32. The van der Waals surface area contributed by atoms with Gasteiger partial charge in [-0.1, -0.05) is 48.2 Å². The highest BCUT2D eigenvalue weighted by Gasteiger charge is 2.33. The first kappa shape index (κ1) is 25.3. The minimum atomic E-state index is -1.14. The van der Waals surface area contributed by atoms with E-state index in [4.69, 9.17) is 22.1 Å². The molecule has 1 aliphatic heterocycles. The maximum absolute atomic E-state index is 13.5. The fraction of sp³-hybridized carbons (Fsp3) is 0.0741. The Morgan fingerprint density at radius 1 is 1.05 bits per heavy atom. The number of amides is 1. The van der Waals surface area contributed by atoms with Crippen molar-refractivity contribution < 1.29 is 23.8 Å². The van der Waals surface area contributed by atoms with Crippen molar-refractivity contribution in [1.82, 2.24) is 14.5 Å². The molecule has 1 saturated heterocycles. The van der Waals surface area contributed by atoms with E-state index in [1.54, 1.807) is 54.6 Å². The van der Waals surface area contributed by atoms with Gasteiger partial charge in [0, 0.05) is 0 Å². The van der Waals surface area contributed by atoms with Gasteiger partial charge in [0.15, 0.2) is 5.82 Å². The Labute approximate surface area is 225 Å². The van der Waals surface area contributed by atoms with Crippen LogP contribution in [0.5, 0.6) is 5.75 Å². The minimum absolute atomic E-state index is 0.0371. The third-order valence-electron chi connectivity index (χ3n) is 5.64. The fourth-order valence-electron chi connectivity index (χ4n) is 3.86. The summed E-state index contributed by atoms with van der Waals surface area (Å²) in [5.41, 5.74) is 1.38. The summed E-state index contributed by atoms with van der Waals surface area (Å²) in [6, 6.07) is 19.4. The number of hydrogen-bond acceptors (Lipinski definition) is 7. The molecule has 2 heterocycles. The number of ether oxygens (including phenoxy) is 1. The number of carboxylic acid groups (broad SMARTS) is 1. The summed E-state index contributed by atoms with van der Waals surface area (Å²) in [7, 11) is 0. The van der Waals surface area contributed by atoms with E-state index in [9.17, 15) is 18.8 Å². The molecule has 0 spiro atoms. The van der Waals surface area contributed by atoms with Crippen LogP contribution in [0.2, 0.25) is 0 Å². The Balaban J connectivity index is 1.38. The van der Waals surface area contributed by atoms with Crippen LogP contribution in [-0.4, -0.2) is 42.3 Å². The Morgan fingerprint density at radius 2 is 1.76 bits per heavy atom. The van der Waals surface area contributed by atoms with Gasteiger partial charge in [0.25, 0.3) is 11.5 Å². The first-order valence-corrected chi connectivity index (χ1v) is 12.5. The lowest BCUT2D eigenvalue weighted by atomic mass is 10.2. The predicted molar refractivity (Wildman–Crippen MR) is 146 cm³/mol. The molecule has 0 unspecified atom stereocenters. The maximum atomic E-state index is 13.5. The molecule has 0 radical (unpaired) electrons. The van der Waals surface area contributed by atoms with Crippen LogP contribution < -0.4 is 10.3 Å². The van der Waals surface area contributed by atoms with Gasteiger partial charge in [0.05, 0.1) is 21.5 Å². The van der Waals surface area contributed by atoms with Crippen molar-refractivity contribution in [1.29, 1.82) is 0 Å². The number of thiocarbonyl (C=S) groups is 1. The van der Waals surface area contributed by atoms with E-state index < -0.39 is 24.2 Å². The maximum Gasteiger partial charge on any atom is 0.323 e. The Bertz CT molecular complexity index is 1670. The number of nitrogens with zero attached hydrogens (tertiary/aromatic N) is 3. The highest BCUT2D eigenvalue weighted by molar-refractivity contribution is 8.26. The summed E-state index contributed by atoms with van der Waals surface area (Å²) in [5.74, 6) is -1.18. The SMILES string of the molecule is O=C(O)CN1C(=O)/C(=C\c2ccc(OCc3nc4ccccc4c(=O)n3-c3ccc(F)cc3)cc2)SC1=S. The molecule has 1 fully saturated rings. The van der Waals surface area contributed by atoms with Crippen molar-refractivity contribution in [2.75, 3.05) is 6.54 Å². The number of benzene rings is 3. The zero-order valence-electron chi connectivity index (χ0n) is 19.5. The molecule has 1 aromatic heterocycles. The molecule has 1 amide bonds. The molecular weight excluding hydrogens is 529 g/mol. The predicted octanol–water partition coefficient (Wildman–Crippen LogP) is 4.39. The van der Waals surface area contributed by atoms with Crippen molar-refractivity contribution in [3.8, 4) is 11.4 Å². The van der Waals surface area contributed by atoms with E-state index in [0.29, 0.717) is 38.6 Å². The van der Waals surface area contributed by atoms with E-state index in [1.807, 2.05) is 0 Å². The van der Waals surface area contributed by atoms with Gasteiger partial charge in [-0.25, -0.2) is 9.37 Å². The lowest BCUT2D eigenvalue weighted by molar-refractivity contribution is -0.140. The quantitative estimate of drug-likeness (QED) is 0.269. The molecule has 3 aromatic carbocycles. The van der Waals surface area contributed by atoms with Crippen LogP contribution in [0.15, 0.2) is 82.5 Å². The zero-order valence-corrected chi connectivity index (χ0v) is 21.2. The Kier molecular flexibility index (Phi) is 7.03. The van der Waals surface area contributed by atoms with Crippen molar-refractivity contribution in [2.24, 2.45) is 0 Å². The van der Waals surface area contributed by atoms with Crippen molar-refractivity contribution in [3.05, 3.63) is 105 Å². The van der Waals surface area contributed by atoms with Gasteiger partial charge in [0.2, 0.25) is 0 Å². The monoisotopic (exact) mass is 547 g/mol. The molecule has 5 rings (SSSR count). The van der Waals surface area contributed by atoms with Crippen molar-refractivity contribution in [2.45, 2.75) is 6.61 Å². The van der Waals surface area contributed by atoms with Gasteiger partial charge >= 0.3 is 5.97 Å². The van der Waals surface area contributed by atoms with Gasteiger partial charge in [0.1, 0.15) is 29.0 Å². The van der Waals surface area contributed by atoms with Gasteiger partial charge in [-0.2, -0.15) is 0 Å². The standard InChI is InChI=1S/C27H18FN3O5S2/c28-17-7-9-18(10-8-17)31-23(29-21-4-2-1-3-20(21)25(31)34)15-36-19-11-5-16(6-12-19)13-22-26(35)30(14-24(32)33)27(37)38-22/h1-13H,14-15H2,(H,32,33)/b22-13+. The third-order valence-corrected chi connectivity index (χ3v) is 7.02. The number of aliphatic carboxylic acids is 1. The van der Waals surface area contributed by atoms with E-state index in [-0.39, 0.29) is 16.5 Å². The second-order valence-corrected chi connectivity index (χ2v) is 9.86. The number of para-hydroxylation sites is 1. The first-order chi connectivity index (χ1) is 18.3. The zero-order chi connectivity index (χ0) is 26.8. The second kappa shape index (κ2) is 10.6. The van der Waals surface area contributed by atoms with Gasteiger partial charge in [-0.15, -0.1) is 0 Å². The molecule has 11 heteroatoms. The molecule has 0 saturated carbocycles. The topological polar surface area (TPSA) is 102 Å². The van der Waals surface area contributed by atoms with Crippen LogP contribution in [-0.2, 0) is 16.2 Å². The number of halogens is 1. The van der Waals surface area contributed by atoms with Gasteiger partial charge < -0.3 is 9.84 Å². The van der Waals surface area contributed by atoms with Crippen LogP contribution in [0, 0.1) is 5.82 Å². The average molecular weight is 548 g/mol. The summed E-state index contributed by atoms with van der Waals surface area (Å²) in [6.07, 6.45) is 1.63. The number of fused-ring (bicyclic) bond motifs is 1. The summed E-state index contributed by atoms with van der Waals surface area (Å²) < 4.78 is 21.0. The summed E-state index contributed by atoms with van der Waals surface area (Å²) in [6.45, 7) is -0.523. The molecule has 4 aromatic rings. The summed E-state index contributed by atoms with van der Waals surface area (Å²) in [4.78, 5) is 42.7. The highest BCUT2D eigenvalue weighted by atomic mass is 32.2. The summed E-state index contributed by atoms with van der Waals surface area (Å²) in [5, 5.41) is 9.40. The number of carbonyl (C=O) groups is 2. The molecule has 8 nitrogen and oxygen atoms in total. The number of aromatic nitrogens is 2. The van der Waals surface area contributed by atoms with Crippen molar-refractivity contribution >= 4 is 57.2 Å². The molecule has 1 aliphatic rings. The third kappa shape index (κ3) is 5.20. The average Bonchev–Trinajstić information content (AvgIpc) is 3.16. The second-order valence-electron chi connectivity index (χ2n) is 8.18. The molecule has 38 heavy (non-hydrogen) atoms. The number of carbonyl (C=O) groups excluding carboxylic acids is 1. The molecule has 190 valence electrons. The lowest BCUT2D eigenvalue weighted by Crippen LogP contribution is -2.33. The largest absolute Gasteiger partial charge is 0.486 e. The molecular formula is C27H18FN3O5S2. The van der Waals surface area contributed by atoms with E-state index in [0.717, 1.165) is 16.7 Å². The molecule has 0 bridgehead atoms.